The first-order chi connectivity index (χ1) is 6.75. The predicted octanol–water partition coefficient (Wildman–Crippen LogP) is 1.79. The van der Waals surface area contributed by atoms with E-state index in [0.29, 0.717) is 12.3 Å². The van der Waals surface area contributed by atoms with Gasteiger partial charge in [0.1, 0.15) is 5.83 Å². The summed E-state index contributed by atoms with van der Waals surface area (Å²) in [6.45, 7) is 4.72. The van der Waals surface area contributed by atoms with Crippen LogP contribution in [-0.2, 0) is 4.74 Å². The molecule has 1 aliphatic heterocycles. The quantitative estimate of drug-likeness (QED) is 0.744. The van der Waals surface area contributed by atoms with Crippen LogP contribution in [0.25, 0.3) is 0 Å². The Morgan fingerprint density at radius 3 is 2.93 bits per heavy atom. The molecule has 1 fully saturated rings. The lowest BCUT2D eigenvalue weighted by molar-refractivity contribution is 0.0415. The van der Waals surface area contributed by atoms with Gasteiger partial charge in [-0.25, -0.2) is 4.39 Å². The minimum Gasteiger partial charge on any atom is -0.373 e. The molecule has 1 heterocycles. The van der Waals surface area contributed by atoms with E-state index in [9.17, 15) is 4.39 Å². The minimum atomic E-state index is -0.102. The first-order valence-corrected chi connectivity index (χ1v) is 5.11. The van der Waals surface area contributed by atoms with Gasteiger partial charge in [-0.2, -0.15) is 0 Å². The summed E-state index contributed by atoms with van der Waals surface area (Å²) in [5, 5.41) is 3.20. The normalized spacial score (nSPS) is 28.0. The summed E-state index contributed by atoms with van der Waals surface area (Å²) in [6, 6.07) is 0. The molecular formula is C11H16FNO. The smallest absolute Gasteiger partial charge is 0.122 e. The van der Waals surface area contributed by atoms with Gasteiger partial charge in [0.15, 0.2) is 0 Å². The molecule has 1 aliphatic carbocycles. The van der Waals surface area contributed by atoms with Crippen LogP contribution in [0.5, 0.6) is 0 Å². The fourth-order valence-corrected chi connectivity index (χ4v) is 1.64. The van der Waals surface area contributed by atoms with Crippen molar-refractivity contribution >= 4 is 0 Å². The van der Waals surface area contributed by atoms with Crippen molar-refractivity contribution in [1.82, 2.24) is 5.32 Å². The highest BCUT2D eigenvalue weighted by Gasteiger charge is 2.20. The minimum absolute atomic E-state index is 0.0788. The van der Waals surface area contributed by atoms with Gasteiger partial charge in [-0.15, -0.1) is 0 Å². The Hall–Kier alpha value is -0.670. The van der Waals surface area contributed by atoms with E-state index in [0.717, 1.165) is 25.3 Å². The second kappa shape index (κ2) is 4.24. The molecule has 0 radical (unpaired) electrons. The van der Waals surface area contributed by atoms with Crippen LogP contribution in [-0.4, -0.2) is 25.8 Å². The van der Waals surface area contributed by atoms with Gasteiger partial charge in [0.25, 0.3) is 0 Å². The average Bonchev–Trinajstić information content (AvgIpc) is 2.08. The average molecular weight is 197 g/mol. The second-order valence-electron chi connectivity index (χ2n) is 4.09. The Morgan fingerprint density at radius 2 is 2.36 bits per heavy atom. The maximum Gasteiger partial charge on any atom is 0.122 e. The summed E-state index contributed by atoms with van der Waals surface area (Å²) in [5.41, 5.74) is 0.796. The summed E-state index contributed by atoms with van der Waals surface area (Å²) in [4.78, 5) is 0. The van der Waals surface area contributed by atoms with Gasteiger partial charge < -0.3 is 10.1 Å². The SMILES string of the molecule is CC1=C(F)C=CC(OCC2CNC2)C1. The maximum absolute atomic E-state index is 13.0. The van der Waals surface area contributed by atoms with E-state index >= 15 is 0 Å². The Bertz CT molecular complexity index is 268. The Balaban J connectivity index is 1.75. The summed E-state index contributed by atoms with van der Waals surface area (Å²) >= 11 is 0. The highest BCUT2D eigenvalue weighted by atomic mass is 19.1. The zero-order valence-electron chi connectivity index (χ0n) is 8.42. The van der Waals surface area contributed by atoms with Crippen molar-refractivity contribution in [3.05, 3.63) is 23.6 Å². The Kier molecular flexibility index (Phi) is 2.99. The molecular weight excluding hydrogens is 181 g/mol. The molecule has 0 spiro atoms. The third-order valence-electron chi connectivity index (χ3n) is 2.78. The highest BCUT2D eigenvalue weighted by molar-refractivity contribution is 5.24. The molecule has 2 rings (SSSR count). The standard InChI is InChI=1S/C11H16FNO/c1-8-4-10(2-3-11(8)12)14-7-9-5-13-6-9/h2-3,9-10,13H,4-7H2,1H3. The van der Waals surface area contributed by atoms with Crippen LogP contribution in [0.3, 0.4) is 0 Å². The van der Waals surface area contributed by atoms with E-state index in [2.05, 4.69) is 5.32 Å². The van der Waals surface area contributed by atoms with Crippen LogP contribution in [0.15, 0.2) is 23.6 Å². The monoisotopic (exact) mass is 197 g/mol. The maximum atomic E-state index is 13.0. The second-order valence-corrected chi connectivity index (χ2v) is 4.09. The first kappa shape index (κ1) is 9.87. The van der Waals surface area contributed by atoms with E-state index in [-0.39, 0.29) is 11.9 Å². The fourth-order valence-electron chi connectivity index (χ4n) is 1.64. The van der Waals surface area contributed by atoms with Gasteiger partial charge in [0.2, 0.25) is 0 Å². The molecule has 2 aliphatic rings. The van der Waals surface area contributed by atoms with Crippen molar-refractivity contribution in [2.45, 2.75) is 19.4 Å². The number of nitrogens with one attached hydrogen (secondary N) is 1. The van der Waals surface area contributed by atoms with Crippen molar-refractivity contribution in [2.75, 3.05) is 19.7 Å². The molecule has 1 N–H and O–H groups in total. The number of hydrogen-bond acceptors (Lipinski definition) is 2. The fraction of sp³-hybridized carbons (Fsp3) is 0.636. The molecule has 0 aromatic rings. The Labute approximate surface area is 83.8 Å². The molecule has 0 amide bonds. The molecule has 0 aromatic carbocycles. The lowest BCUT2D eigenvalue weighted by Gasteiger charge is -2.29. The number of allylic oxidation sites excluding steroid dienone is 2. The molecule has 2 nitrogen and oxygen atoms in total. The largest absolute Gasteiger partial charge is 0.373 e. The van der Waals surface area contributed by atoms with E-state index in [1.165, 1.54) is 6.08 Å². The summed E-state index contributed by atoms with van der Waals surface area (Å²) in [7, 11) is 0. The third kappa shape index (κ3) is 2.22. The van der Waals surface area contributed by atoms with Crippen molar-refractivity contribution in [3.8, 4) is 0 Å². The van der Waals surface area contributed by atoms with Crippen molar-refractivity contribution in [3.63, 3.8) is 0 Å². The van der Waals surface area contributed by atoms with E-state index in [4.69, 9.17) is 4.74 Å². The zero-order chi connectivity index (χ0) is 9.97. The van der Waals surface area contributed by atoms with Crippen LogP contribution < -0.4 is 5.32 Å². The molecule has 1 atom stereocenters. The topological polar surface area (TPSA) is 21.3 Å². The van der Waals surface area contributed by atoms with Gasteiger partial charge in [0, 0.05) is 25.4 Å². The van der Waals surface area contributed by atoms with Crippen molar-refractivity contribution in [1.29, 1.82) is 0 Å². The third-order valence-corrected chi connectivity index (χ3v) is 2.78. The van der Waals surface area contributed by atoms with Gasteiger partial charge in [-0.05, 0) is 18.6 Å². The lowest BCUT2D eigenvalue weighted by Crippen LogP contribution is -2.45. The number of hydrogen-bond donors (Lipinski definition) is 1. The van der Waals surface area contributed by atoms with Gasteiger partial charge in [-0.3, -0.25) is 0 Å². The van der Waals surface area contributed by atoms with Gasteiger partial charge in [0.05, 0.1) is 12.7 Å². The number of halogens is 1. The zero-order valence-corrected chi connectivity index (χ0v) is 8.42. The van der Waals surface area contributed by atoms with E-state index in [1.807, 2.05) is 13.0 Å². The first-order valence-electron chi connectivity index (χ1n) is 5.11. The highest BCUT2D eigenvalue weighted by Crippen LogP contribution is 2.22. The lowest BCUT2D eigenvalue weighted by atomic mass is 10.0. The van der Waals surface area contributed by atoms with Gasteiger partial charge >= 0.3 is 0 Å². The molecule has 0 saturated carbocycles. The molecule has 1 saturated heterocycles. The van der Waals surface area contributed by atoms with E-state index < -0.39 is 0 Å². The van der Waals surface area contributed by atoms with Crippen molar-refractivity contribution in [2.24, 2.45) is 5.92 Å². The summed E-state index contributed by atoms with van der Waals surface area (Å²) in [6.07, 6.45) is 4.11. The van der Waals surface area contributed by atoms with Crippen LogP contribution in [0.2, 0.25) is 0 Å². The summed E-state index contributed by atoms with van der Waals surface area (Å²) in [5.74, 6) is 0.551. The van der Waals surface area contributed by atoms with Crippen LogP contribution in [0, 0.1) is 5.92 Å². The molecule has 14 heavy (non-hydrogen) atoms. The molecule has 78 valence electrons. The molecule has 0 aromatic heterocycles. The number of ether oxygens (including phenoxy) is 1. The Morgan fingerprint density at radius 1 is 1.57 bits per heavy atom. The van der Waals surface area contributed by atoms with E-state index in [1.54, 1.807) is 0 Å². The number of rotatable bonds is 3. The van der Waals surface area contributed by atoms with Crippen molar-refractivity contribution < 1.29 is 9.13 Å². The molecule has 0 bridgehead atoms. The predicted molar refractivity (Wildman–Crippen MR) is 53.7 cm³/mol. The van der Waals surface area contributed by atoms with Crippen LogP contribution in [0.1, 0.15) is 13.3 Å². The van der Waals surface area contributed by atoms with Gasteiger partial charge in [-0.1, -0.05) is 6.08 Å². The van der Waals surface area contributed by atoms with Crippen LogP contribution >= 0.6 is 0 Å². The van der Waals surface area contributed by atoms with Crippen LogP contribution in [0.4, 0.5) is 4.39 Å². The molecule has 1 unspecified atom stereocenters. The molecule has 3 heteroatoms. The summed E-state index contributed by atoms with van der Waals surface area (Å²) < 4.78 is 18.6.